The molecule has 0 aromatic rings. The summed E-state index contributed by atoms with van der Waals surface area (Å²) in [7, 11) is 2.89. The average molecular weight is 275 g/mol. The van der Waals surface area contributed by atoms with E-state index in [1.807, 2.05) is 0 Å². The third-order valence-corrected chi connectivity index (χ3v) is 2.96. The minimum Gasteiger partial charge on any atom is -0.358 e. The summed E-state index contributed by atoms with van der Waals surface area (Å²) < 4.78 is 15.7. The molecule has 1 fully saturated rings. The minimum absolute atomic E-state index is 0.101. The summed E-state index contributed by atoms with van der Waals surface area (Å²) in [5.74, 6) is -1.47. The first-order chi connectivity index (χ1) is 7.19. The van der Waals surface area contributed by atoms with Crippen LogP contribution < -0.4 is 0 Å². The van der Waals surface area contributed by atoms with Crippen molar-refractivity contribution in [1.29, 1.82) is 0 Å². The van der Waals surface area contributed by atoms with Crippen LogP contribution in [0.15, 0.2) is 22.7 Å². The largest absolute Gasteiger partial charge is 0.358 e. The summed E-state index contributed by atoms with van der Waals surface area (Å²) >= 11 is 3.16. The summed E-state index contributed by atoms with van der Waals surface area (Å²) in [6, 6.07) is 0. The highest BCUT2D eigenvalue weighted by molar-refractivity contribution is 9.11. The van der Waals surface area contributed by atoms with E-state index in [1.54, 1.807) is 11.1 Å². The summed E-state index contributed by atoms with van der Waals surface area (Å²) in [6.45, 7) is 0. The summed E-state index contributed by atoms with van der Waals surface area (Å²) in [5, 5.41) is 0. The van der Waals surface area contributed by atoms with Gasteiger partial charge in [0.1, 0.15) is 6.10 Å². The number of methoxy groups -OCH3 is 2. The molecule has 1 heterocycles. The lowest BCUT2D eigenvalue weighted by Gasteiger charge is -2.28. The van der Waals surface area contributed by atoms with Crippen LogP contribution in [0.2, 0.25) is 0 Å². The normalized spacial score (nSPS) is 32.7. The van der Waals surface area contributed by atoms with Crippen LogP contribution in [0.1, 0.15) is 0 Å². The zero-order valence-corrected chi connectivity index (χ0v) is 9.98. The van der Waals surface area contributed by atoms with E-state index in [-0.39, 0.29) is 18.0 Å². The summed E-state index contributed by atoms with van der Waals surface area (Å²) in [5.41, 5.74) is 0.839. The lowest BCUT2D eigenvalue weighted by molar-refractivity contribution is -0.211. The first-order valence-electron chi connectivity index (χ1n) is 4.48. The topological polar surface area (TPSA) is 48.1 Å². The van der Waals surface area contributed by atoms with Crippen molar-refractivity contribution in [3.8, 4) is 0 Å². The smallest absolute Gasteiger partial charge is 0.262 e. The fourth-order valence-electron chi connectivity index (χ4n) is 1.86. The predicted octanol–water partition coefficient (Wildman–Crippen LogP) is 1.16. The molecule has 0 bridgehead atoms. The SMILES string of the molecule is COC1(OC)C(=O)C=C(/C=C/Br)[C@H]2O[C@H]21. The molecule has 0 spiro atoms. The van der Waals surface area contributed by atoms with Gasteiger partial charge < -0.3 is 14.2 Å². The first-order valence-corrected chi connectivity index (χ1v) is 5.39. The maximum absolute atomic E-state index is 11.8. The Labute approximate surface area is 96.0 Å². The van der Waals surface area contributed by atoms with Gasteiger partial charge in [-0.1, -0.05) is 15.9 Å². The molecule has 0 aromatic carbocycles. The third kappa shape index (κ3) is 1.50. The Bertz CT molecular complexity index is 343. The number of hydrogen-bond acceptors (Lipinski definition) is 4. The molecular formula is C10H11BrO4. The molecule has 5 heteroatoms. The Kier molecular flexibility index (Phi) is 2.81. The van der Waals surface area contributed by atoms with Crippen molar-refractivity contribution in [3.63, 3.8) is 0 Å². The van der Waals surface area contributed by atoms with Crippen LogP contribution in [0.25, 0.3) is 0 Å². The second kappa shape index (κ2) is 3.83. The maximum Gasteiger partial charge on any atom is 0.262 e. The molecule has 1 aliphatic carbocycles. The van der Waals surface area contributed by atoms with E-state index >= 15 is 0 Å². The highest BCUT2D eigenvalue weighted by Gasteiger charge is 2.63. The average Bonchev–Trinajstić information content (AvgIpc) is 3.00. The van der Waals surface area contributed by atoms with Crippen LogP contribution in [0.3, 0.4) is 0 Å². The van der Waals surface area contributed by atoms with Crippen molar-refractivity contribution >= 4 is 21.7 Å². The number of rotatable bonds is 3. The van der Waals surface area contributed by atoms with Gasteiger partial charge in [0, 0.05) is 14.2 Å². The fraction of sp³-hybridized carbons (Fsp3) is 0.500. The van der Waals surface area contributed by atoms with Crippen molar-refractivity contribution in [2.75, 3.05) is 14.2 Å². The van der Waals surface area contributed by atoms with Gasteiger partial charge in [-0.25, -0.2) is 0 Å². The summed E-state index contributed by atoms with van der Waals surface area (Å²) in [4.78, 5) is 13.5. The third-order valence-electron chi connectivity index (χ3n) is 2.70. The van der Waals surface area contributed by atoms with Crippen molar-refractivity contribution in [3.05, 3.63) is 22.7 Å². The van der Waals surface area contributed by atoms with Gasteiger partial charge in [-0.3, -0.25) is 4.79 Å². The molecule has 2 aliphatic rings. The monoisotopic (exact) mass is 274 g/mol. The van der Waals surface area contributed by atoms with Crippen LogP contribution in [-0.4, -0.2) is 38.0 Å². The van der Waals surface area contributed by atoms with E-state index in [0.717, 1.165) is 5.57 Å². The van der Waals surface area contributed by atoms with Crippen LogP contribution in [0, 0.1) is 0 Å². The standard InChI is InChI=1S/C10H11BrO4/c1-13-10(14-2)7(12)5-6(3-4-11)8-9(10)15-8/h3-5,8-9H,1-2H3/b4-3+/t8-,9-/m1/s1. The van der Waals surface area contributed by atoms with Crippen LogP contribution in [0.5, 0.6) is 0 Å². The van der Waals surface area contributed by atoms with Gasteiger partial charge in [0.25, 0.3) is 5.79 Å². The zero-order valence-electron chi connectivity index (χ0n) is 8.40. The van der Waals surface area contributed by atoms with Gasteiger partial charge in [0.05, 0.1) is 0 Å². The van der Waals surface area contributed by atoms with Crippen LogP contribution in [-0.2, 0) is 19.0 Å². The predicted molar refractivity (Wildman–Crippen MR) is 56.6 cm³/mol. The molecule has 0 radical (unpaired) electrons. The van der Waals surface area contributed by atoms with Crippen molar-refractivity contribution in [2.45, 2.75) is 18.0 Å². The molecule has 1 saturated heterocycles. The number of fused-ring (bicyclic) bond motifs is 1. The van der Waals surface area contributed by atoms with Gasteiger partial charge in [-0.15, -0.1) is 0 Å². The number of halogens is 1. The highest BCUT2D eigenvalue weighted by Crippen LogP contribution is 2.44. The molecule has 0 saturated carbocycles. The second-order valence-corrected chi connectivity index (χ2v) is 3.88. The van der Waals surface area contributed by atoms with Gasteiger partial charge >= 0.3 is 0 Å². The quantitative estimate of drug-likeness (QED) is 0.573. The van der Waals surface area contributed by atoms with Gasteiger partial charge in [-0.2, -0.15) is 0 Å². The van der Waals surface area contributed by atoms with E-state index in [9.17, 15) is 4.79 Å². The van der Waals surface area contributed by atoms with Gasteiger partial charge in [-0.05, 0) is 22.7 Å². The number of epoxide rings is 1. The molecule has 2 atom stereocenters. The van der Waals surface area contributed by atoms with Gasteiger partial charge in [0.15, 0.2) is 6.10 Å². The molecule has 1 aliphatic heterocycles. The molecule has 4 nitrogen and oxygen atoms in total. The lowest BCUT2D eigenvalue weighted by atomic mass is 9.93. The van der Waals surface area contributed by atoms with E-state index < -0.39 is 5.79 Å². The number of hydrogen-bond donors (Lipinski definition) is 0. The first kappa shape index (κ1) is 11.0. The number of ether oxygens (including phenoxy) is 3. The Morgan fingerprint density at radius 2 is 2.20 bits per heavy atom. The molecule has 0 unspecified atom stereocenters. The molecule has 0 N–H and O–H groups in total. The maximum atomic E-state index is 11.8. The molecule has 0 aromatic heterocycles. The summed E-state index contributed by atoms with van der Waals surface area (Å²) in [6.07, 6.45) is 2.86. The minimum atomic E-state index is -1.26. The Morgan fingerprint density at radius 3 is 2.73 bits per heavy atom. The Balaban J connectivity index is 2.33. The molecule has 2 rings (SSSR count). The highest BCUT2D eigenvalue weighted by atomic mass is 79.9. The number of carbonyl (C=O) groups excluding carboxylic acids is 1. The van der Waals surface area contributed by atoms with Crippen LogP contribution in [0.4, 0.5) is 0 Å². The molecule has 82 valence electrons. The van der Waals surface area contributed by atoms with Crippen LogP contribution >= 0.6 is 15.9 Å². The van der Waals surface area contributed by atoms with E-state index in [0.29, 0.717) is 0 Å². The second-order valence-electron chi connectivity index (χ2n) is 3.35. The zero-order chi connectivity index (χ0) is 11.1. The lowest BCUT2D eigenvalue weighted by Crippen LogP contribution is -2.50. The molecule has 0 amide bonds. The van der Waals surface area contributed by atoms with E-state index in [4.69, 9.17) is 14.2 Å². The van der Waals surface area contributed by atoms with Gasteiger partial charge in [0.2, 0.25) is 5.78 Å². The molecule has 15 heavy (non-hydrogen) atoms. The van der Waals surface area contributed by atoms with Crippen molar-refractivity contribution in [1.82, 2.24) is 0 Å². The number of carbonyl (C=O) groups is 1. The fourth-order valence-corrected chi connectivity index (χ4v) is 2.17. The molecular weight excluding hydrogens is 264 g/mol. The van der Waals surface area contributed by atoms with E-state index in [2.05, 4.69) is 15.9 Å². The number of ketones is 1. The van der Waals surface area contributed by atoms with Crippen molar-refractivity contribution < 1.29 is 19.0 Å². The Morgan fingerprint density at radius 1 is 1.53 bits per heavy atom. The van der Waals surface area contributed by atoms with Crippen molar-refractivity contribution in [2.24, 2.45) is 0 Å². The Hall–Kier alpha value is -0.490. The van der Waals surface area contributed by atoms with E-state index in [1.165, 1.54) is 20.3 Å².